The lowest BCUT2D eigenvalue weighted by atomic mass is 9.91. The molecule has 0 radical (unpaired) electrons. The van der Waals surface area contributed by atoms with Gasteiger partial charge in [-0.3, -0.25) is 0 Å². The summed E-state index contributed by atoms with van der Waals surface area (Å²) in [5.74, 6) is 1.81. The molecule has 0 aliphatic heterocycles. The molecule has 2 aliphatic carbocycles. The topological polar surface area (TPSA) is 65.6 Å². The quantitative estimate of drug-likeness (QED) is 0.514. The predicted octanol–water partition coefficient (Wildman–Crippen LogP) is 5.00. The number of pyridine rings is 2. The van der Waals surface area contributed by atoms with E-state index in [1.54, 1.807) is 6.20 Å². The van der Waals surface area contributed by atoms with Crippen molar-refractivity contribution in [1.29, 1.82) is 0 Å². The number of H-pyrrole nitrogens is 1. The molecular weight excluding hydrogens is 370 g/mol. The summed E-state index contributed by atoms with van der Waals surface area (Å²) in [6, 6.07) is 9.19. The van der Waals surface area contributed by atoms with E-state index < -0.39 is 0 Å². The highest BCUT2D eigenvalue weighted by Crippen LogP contribution is 2.32. The van der Waals surface area contributed by atoms with Crippen LogP contribution in [0.3, 0.4) is 0 Å². The van der Waals surface area contributed by atoms with Crippen molar-refractivity contribution in [2.24, 2.45) is 5.92 Å². The number of nitrogens with zero attached hydrogens (tertiary/aromatic N) is 2. The fourth-order valence-corrected chi connectivity index (χ4v) is 4.44. The number of aromatic nitrogens is 3. The zero-order valence-electron chi connectivity index (χ0n) is 15.9. The van der Waals surface area contributed by atoms with Gasteiger partial charge in [0.2, 0.25) is 0 Å². The fourth-order valence-electron chi connectivity index (χ4n) is 4.23. The van der Waals surface area contributed by atoms with Crippen molar-refractivity contribution in [1.82, 2.24) is 20.3 Å². The average molecular weight is 396 g/mol. The van der Waals surface area contributed by atoms with Gasteiger partial charge in [-0.05, 0) is 80.8 Å². The number of fused-ring (bicyclic) bond motifs is 1. The summed E-state index contributed by atoms with van der Waals surface area (Å²) in [4.78, 5) is 12.1. The molecule has 0 atom stereocenters. The number of halogens is 1. The molecule has 28 heavy (non-hydrogen) atoms. The molecular formula is C22H26ClN5. The maximum Gasteiger partial charge on any atom is 0.137 e. The Kier molecular flexibility index (Phi) is 4.95. The second-order valence-electron chi connectivity index (χ2n) is 8.21. The lowest BCUT2D eigenvalue weighted by Gasteiger charge is -2.30. The van der Waals surface area contributed by atoms with Crippen molar-refractivity contribution in [2.45, 2.75) is 50.6 Å². The number of hydrogen-bond acceptors (Lipinski definition) is 4. The smallest absolute Gasteiger partial charge is 0.137 e. The molecule has 5 rings (SSSR count). The van der Waals surface area contributed by atoms with Gasteiger partial charge in [0.1, 0.15) is 16.6 Å². The maximum absolute atomic E-state index is 6.35. The van der Waals surface area contributed by atoms with E-state index in [-0.39, 0.29) is 0 Å². The van der Waals surface area contributed by atoms with Crippen LogP contribution in [-0.4, -0.2) is 33.6 Å². The first-order chi connectivity index (χ1) is 13.7. The predicted molar refractivity (Wildman–Crippen MR) is 115 cm³/mol. The standard InChI is InChI=1S/C22H26ClN5/c23-20-10-15(19-13-26-22-18(19)2-1-9-24-22)11-21(28-20)27-17-7-5-16(6-8-17)25-12-14-3-4-14/h1-2,9-11,13-14,16-17,25H,3-8,12H2,(H,24,26)(H,27,28)/t16-,17-. The highest BCUT2D eigenvalue weighted by atomic mass is 35.5. The number of rotatable bonds is 6. The van der Waals surface area contributed by atoms with Crippen LogP contribution >= 0.6 is 11.6 Å². The molecule has 146 valence electrons. The van der Waals surface area contributed by atoms with Crippen molar-refractivity contribution in [3.63, 3.8) is 0 Å². The number of aromatic amines is 1. The van der Waals surface area contributed by atoms with E-state index in [0.717, 1.165) is 33.9 Å². The van der Waals surface area contributed by atoms with Gasteiger partial charge in [-0.2, -0.15) is 0 Å². The van der Waals surface area contributed by atoms with E-state index >= 15 is 0 Å². The molecule has 0 bridgehead atoms. The van der Waals surface area contributed by atoms with Crippen LogP contribution in [0.2, 0.25) is 5.15 Å². The van der Waals surface area contributed by atoms with Crippen molar-refractivity contribution in [3.05, 3.63) is 41.8 Å². The normalized spacial score (nSPS) is 22.5. The van der Waals surface area contributed by atoms with Crippen LogP contribution in [-0.2, 0) is 0 Å². The molecule has 3 heterocycles. The largest absolute Gasteiger partial charge is 0.367 e. The molecule has 3 aromatic rings. The van der Waals surface area contributed by atoms with Crippen LogP contribution in [0.1, 0.15) is 38.5 Å². The molecule has 0 unspecified atom stereocenters. The third-order valence-electron chi connectivity index (χ3n) is 6.03. The van der Waals surface area contributed by atoms with E-state index in [2.05, 4.69) is 37.7 Å². The first kappa shape index (κ1) is 18.0. The van der Waals surface area contributed by atoms with Crippen LogP contribution in [0.5, 0.6) is 0 Å². The van der Waals surface area contributed by atoms with Gasteiger partial charge in [0.05, 0.1) is 0 Å². The van der Waals surface area contributed by atoms with Crippen LogP contribution in [0, 0.1) is 5.92 Å². The lowest BCUT2D eigenvalue weighted by Crippen LogP contribution is -2.37. The fraction of sp³-hybridized carbons (Fsp3) is 0.455. The van der Waals surface area contributed by atoms with Gasteiger partial charge in [-0.1, -0.05) is 11.6 Å². The number of anilines is 1. The van der Waals surface area contributed by atoms with Crippen LogP contribution in [0.15, 0.2) is 36.7 Å². The number of nitrogens with one attached hydrogen (secondary N) is 3. The van der Waals surface area contributed by atoms with Crippen LogP contribution in [0.25, 0.3) is 22.2 Å². The third kappa shape index (κ3) is 4.01. The molecule has 0 amide bonds. The summed E-state index contributed by atoms with van der Waals surface area (Å²) in [5, 5.41) is 8.98. The summed E-state index contributed by atoms with van der Waals surface area (Å²) in [7, 11) is 0. The molecule has 3 N–H and O–H groups in total. The van der Waals surface area contributed by atoms with Crippen molar-refractivity contribution in [2.75, 3.05) is 11.9 Å². The van der Waals surface area contributed by atoms with E-state index in [0.29, 0.717) is 17.2 Å². The summed E-state index contributed by atoms with van der Waals surface area (Å²) in [6.45, 7) is 1.21. The minimum Gasteiger partial charge on any atom is -0.367 e. The van der Waals surface area contributed by atoms with Crippen molar-refractivity contribution in [3.8, 4) is 11.1 Å². The molecule has 2 aliphatic rings. The second-order valence-corrected chi connectivity index (χ2v) is 8.60. The molecule has 2 saturated carbocycles. The Labute approximate surface area is 170 Å². The van der Waals surface area contributed by atoms with Crippen molar-refractivity contribution >= 4 is 28.5 Å². The Bertz CT molecular complexity index is 956. The van der Waals surface area contributed by atoms with Gasteiger partial charge in [0, 0.05) is 35.4 Å². The Morgan fingerprint density at radius 1 is 1.07 bits per heavy atom. The molecule has 0 spiro atoms. The summed E-state index contributed by atoms with van der Waals surface area (Å²) < 4.78 is 0. The van der Waals surface area contributed by atoms with Gasteiger partial charge in [-0.15, -0.1) is 0 Å². The minimum absolute atomic E-state index is 0.461. The van der Waals surface area contributed by atoms with E-state index in [1.165, 1.54) is 45.1 Å². The Hall–Kier alpha value is -2.11. The third-order valence-corrected chi connectivity index (χ3v) is 6.22. The Morgan fingerprint density at radius 2 is 1.89 bits per heavy atom. The summed E-state index contributed by atoms with van der Waals surface area (Å²) >= 11 is 6.35. The minimum atomic E-state index is 0.461. The van der Waals surface area contributed by atoms with Gasteiger partial charge < -0.3 is 15.6 Å². The molecule has 0 aromatic carbocycles. The second kappa shape index (κ2) is 7.72. The summed E-state index contributed by atoms with van der Waals surface area (Å²) in [5.41, 5.74) is 3.04. The molecule has 0 saturated heterocycles. The lowest BCUT2D eigenvalue weighted by molar-refractivity contribution is 0.350. The first-order valence-electron chi connectivity index (χ1n) is 10.3. The molecule has 5 nitrogen and oxygen atoms in total. The SMILES string of the molecule is Clc1cc(-c2c[nH]c3ncccc23)cc(N[C@H]2CC[C@H](NCC3CC3)CC2)n1. The van der Waals surface area contributed by atoms with E-state index in [9.17, 15) is 0 Å². The summed E-state index contributed by atoms with van der Waals surface area (Å²) in [6.07, 6.45) is 11.4. The van der Waals surface area contributed by atoms with E-state index in [4.69, 9.17) is 11.6 Å². The molecule has 2 fully saturated rings. The van der Waals surface area contributed by atoms with Gasteiger partial charge in [0.25, 0.3) is 0 Å². The zero-order chi connectivity index (χ0) is 18.9. The zero-order valence-corrected chi connectivity index (χ0v) is 16.7. The number of hydrogen-bond donors (Lipinski definition) is 3. The monoisotopic (exact) mass is 395 g/mol. The van der Waals surface area contributed by atoms with Gasteiger partial charge >= 0.3 is 0 Å². The Morgan fingerprint density at radius 3 is 2.71 bits per heavy atom. The molecule has 6 heteroatoms. The van der Waals surface area contributed by atoms with E-state index in [1.807, 2.05) is 18.3 Å². The van der Waals surface area contributed by atoms with Gasteiger partial charge in [0.15, 0.2) is 0 Å². The average Bonchev–Trinajstić information content (AvgIpc) is 3.44. The highest BCUT2D eigenvalue weighted by molar-refractivity contribution is 6.29. The Balaban J connectivity index is 1.27. The maximum atomic E-state index is 6.35. The molecule has 3 aromatic heterocycles. The van der Waals surface area contributed by atoms with Crippen LogP contribution < -0.4 is 10.6 Å². The van der Waals surface area contributed by atoms with Crippen molar-refractivity contribution < 1.29 is 0 Å². The van der Waals surface area contributed by atoms with Crippen LogP contribution in [0.4, 0.5) is 5.82 Å². The van der Waals surface area contributed by atoms with Gasteiger partial charge in [-0.25, -0.2) is 9.97 Å². The highest BCUT2D eigenvalue weighted by Gasteiger charge is 2.25. The first-order valence-corrected chi connectivity index (χ1v) is 10.7.